The normalized spacial score (nSPS) is 11.2. The molecule has 212 valence electrons. The van der Waals surface area contributed by atoms with Gasteiger partial charge in [0.1, 0.15) is 5.69 Å². The average molecular weight is 578 g/mol. The highest BCUT2D eigenvalue weighted by atomic mass is 14.9. The largest absolute Gasteiger partial charge is 0.253 e. The number of nitrogens with zero attached hydrogens (tertiary/aromatic N) is 5. The number of aryl methyl sites for hydroxylation is 1. The minimum atomic E-state index is 0.587. The van der Waals surface area contributed by atoms with Crippen molar-refractivity contribution in [3.63, 3.8) is 0 Å². The molecule has 8 rings (SSSR count). The molecule has 8 aromatic rings. The number of hydrogen-bond donors (Lipinski definition) is 0. The van der Waals surface area contributed by atoms with Gasteiger partial charge in [0, 0.05) is 39.2 Å². The van der Waals surface area contributed by atoms with Crippen LogP contribution in [0.3, 0.4) is 0 Å². The molecule has 4 aromatic carbocycles. The fourth-order valence-electron chi connectivity index (χ4n) is 5.76. The van der Waals surface area contributed by atoms with Crippen molar-refractivity contribution in [2.24, 2.45) is 0 Å². The van der Waals surface area contributed by atoms with Crippen molar-refractivity contribution in [1.82, 2.24) is 24.9 Å². The number of fused-ring (bicyclic) bond motifs is 3. The van der Waals surface area contributed by atoms with Gasteiger partial charge in [-0.25, -0.2) is 19.9 Å². The van der Waals surface area contributed by atoms with Crippen molar-refractivity contribution >= 4 is 21.8 Å². The summed E-state index contributed by atoms with van der Waals surface area (Å²) in [5.41, 5.74) is 11.3. The summed E-state index contributed by atoms with van der Waals surface area (Å²) >= 11 is 0. The molecule has 0 bridgehead atoms. The second kappa shape index (κ2) is 11.2. The molecular weight excluding hydrogens is 550 g/mol. The Morgan fingerprint density at radius 1 is 0.400 bits per heavy atom. The van der Waals surface area contributed by atoms with Crippen LogP contribution in [0.1, 0.15) is 5.56 Å². The lowest BCUT2D eigenvalue weighted by molar-refractivity contribution is 1.15. The lowest BCUT2D eigenvalue weighted by atomic mass is 10.00. The maximum Gasteiger partial charge on any atom is 0.179 e. The van der Waals surface area contributed by atoms with Crippen LogP contribution in [0.25, 0.3) is 78.4 Å². The van der Waals surface area contributed by atoms with E-state index in [0.717, 1.165) is 78.1 Å². The molecule has 0 aliphatic rings. The minimum Gasteiger partial charge on any atom is -0.253 e. The first kappa shape index (κ1) is 26.5. The van der Waals surface area contributed by atoms with Gasteiger partial charge in [0.05, 0.1) is 33.8 Å². The number of hydrogen-bond acceptors (Lipinski definition) is 5. The number of benzene rings is 4. The second-order valence-corrected chi connectivity index (χ2v) is 11.0. The highest BCUT2D eigenvalue weighted by Crippen LogP contribution is 2.33. The van der Waals surface area contributed by atoms with E-state index in [1.54, 1.807) is 6.20 Å². The molecule has 0 saturated heterocycles. The van der Waals surface area contributed by atoms with E-state index in [2.05, 4.69) is 90.8 Å². The fraction of sp³-hybridized carbons (Fsp3) is 0.0250. The fourth-order valence-corrected chi connectivity index (χ4v) is 5.76. The van der Waals surface area contributed by atoms with Gasteiger partial charge in [0.2, 0.25) is 0 Å². The van der Waals surface area contributed by atoms with Crippen molar-refractivity contribution < 1.29 is 0 Å². The van der Waals surface area contributed by atoms with Gasteiger partial charge in [-0.1, -0.05) is 103 Å². The molecule has 5 nitrogen and oxygen atoms in total. The lowest BCUT2D eigenvalue weighted by Gasteiger charge is -2.12. The highest BCUT2D eigenvalue weighted by molar-refractivity contribution is 6.05. The Morgan fingerprint density at radius 3 is 1.71 bits per heavy atom. The van der Waals surface area contributed by atoms with E-state index >= 15 is 0 Å². The third-order valence-corrected chi connectivity index (χ3v) is 8.06. The maximum absolute atomic E-state index is 5.23. The number of rotatable bonds is 5. The van der Waals surface area contributed by atoms with Crippen LogP contribution in [-0.4, -0.2) is 24.9 Å². The summed E-state index contributed by atoms with van der Waals surface area (Å²) in [6, 6.07) is 47.3. The van der Waals surface area contributed by atoms with Crippen LogP contribution in [-0.2, 0) is 0 Å². The van der Waals surface area contributed by atoms with Crippen molar-refractivity contribution in [1.29, 1.82) is 0 Å². The van der Waals surface area contributed by atoms with Crippen LogP contribution in [0.5, 0.6) is 0 Å². The van der Waals surface area contributed by atoms with E-state index in [4.69, 9.17) is 19.9 Å². The topological polar surface area (TPSA) is 64.5 Å². The molecule has 45 heavy (non-hydrogen) atoms. The molecule has 4 heterocycles. The van der Waals surface area contributed by atoms with Gasteiger partial charge in [-0.3, -0.25) is 4.98 Å². The van der Waals surface area contributed by atoms with Gasteiger partial charge < -0.3 is 0 Å². The van der Waals surface area contributed by atoms with Crippen LogP contribution in [0, 0.1) is 6.92 Å². The van der Waals surface area contributed by atoms with Gasteiger partial charge in [-0.05, 0) is 48.9 Å². The van der Waals surface area contributed by atoms with Gasteiger partial charge in [0.25, 0.3) is 0 Å². The first-order valence-corrected chi connectivity index (χ1v) is 14.9. The van der Waals surface area contributed by atoms with Crippen molar-refractivity contribution in [2.75, 3.05) is 0 Å². The third kappa shape index (κ3) is 5.11. The van der Waals surface area contributed by atoms with Crippen molar-refractivity contribution in [2.45, 2.75) is 6.92 Å². The summed E-state index contributed by atoms with van der Waals surface area (Å²) in [7, 11) is 0. The summed E-state index contributed by atoms with van der Waals surface area (Å²) in [6.07, 6.45) is 1.77. The molecule has 0 amide bonds. The SMILES string of the molecule is Cc1cc(-c2cccc(-c3cc(-c4ccccc4)nc(-c4ccccn4)n3)c2)nc2c1ccc1ccc(-c3ccccc3)nc12. The zero-order valence-electron chi connectivity index (χ0n) is 24.6. The molecule has 0 N–H and O–H groups in total. The Hall–Kier alpha value is -6.07. The zero-order chi connectivity index (χ0) is 30.2. The molecule has 0 saturated carbocycles. The van der Waals surface area contributed by atoms with Gasteiger partial charge in [-0.2, -0.15) is 0 Å². The van der Waals surface area contributed by atoms with Gasteiger partial charge in [-0.15, -0.1) is 0 Å². The molecule has 0 spiro atoms. The molecule has 0 radical (unpaired) electrons. The smallest absolute Gasteiger partial charge is 0.179 e. The Bertz CT molecular complexity index is 2260. The molecule has 0 atom stereocenters. The summed E-state index contributed by atoms with van der Waals surface area (Å²) < 4.78 is 0. The second-order valence-electron chi connectivity index (χ2n) is 11.0. The standard InChI is InChI=1S/C40H27N5/c1-26-23-35(43-39-32(26)20-18-29-19-21-33(42-38(29)39)27-11-4-2-5-12-27)30-15-10-16-31(24-30)37-25-36(28-13-6-3-7-14-28)44-40(45-37)34-17-8-9-22-41-34/h2-25H,1H3. The van der Waals surface area contributed by atoms with E-state index in [-0.39, 0.29) is 0 Å². The predicted octanol–water partition coefficient (Wildman–Crippen LogP) is 9.61. The molecule has 0 aliphatic carbocycles. The predicted molar refractivity (Wildman–Crippen MR) is 182 cm³/mol. The van der Waals surface area contributed by atoms with E-state index in [0.29, 0.717) is 5.82 Å². The number of pyridine rings is 3. The van der Waals surface area contributed by atoms with E-state index in [1.807, 2.05) is 60.7 Å². The van der Waals surface area contributed by atoms with Crippen LogP contribution in [0.2, 0.25) is 0 Å². The Balaban J connectivity index is 1.27. The van der Waals surface area contributed by atoms with E-state index < -0.39 is 0 Å². The van der Waals surface area contributed by atoms with Gasteiger partial charge in [0.15, 0.2) is 5.82 Å². The summed E-state index contributed by atoms with van der Waals surface area (Å²) in [6.45, 7) is 2.14. The van der Waals surface area contributed by atoms with Gasteiger partial charge >= 0.3 is 0 Å². The summed E-state index contributed by atoms with van der Waals surface area (Å²) in [5.74, 6) is 0.587. The van der Waals surface area contributed by atoms with Crippen LogP contribution < -0.4 is 0 Å². The zero-order valence-corrected chi connectivity index (χ0v) is 24.6. The Kier molecular flexibility index (Phi) is 6.61. The summed E-state index contributed by atoms with van der Waals surface area (Å²) in [4.78, 5) is 24.7. The molecular formula is C40H27N5. The molecule has 0 fully saturated rings. The average Bonchev–Trinajstić information content (AvgIpc) is 3.12. The molecule has 4 aromatic heterocycles. The van der Waals surface area contributed by atoms with Crippen molar-refractivity contribution in [3.05, 3.63) is 151 Å². The van der Waals surface area contributed by atoms with Crippen molar-refractivity contribution in [3.8, 4) is 56.5 Å². The first-order chi connectivity index (χ1) is 22.2. The minimum absolute atomic E-state index is 0.587. The Labute approximate surface area is 261 Å². The third-order valence-electron chi connectivity index (χ3n) is 8.06. The lowest BCUT2D eigenvalue weighted by Crippen LogP contribution is -1.97. The molecule has 0 aliphatic heterocycles. The van der Waals surface area contributed by atoms with E-state index in [1.165, 1.54) is 0 Å². The van der Waals surface area contributed by atoms with E-state index in [9.17, 15) is 0 Å². The molecule has 5 heteroatoms. The highest BCUT2D eigenvalue weighted by Gasteiger charge is 2.14. The monoisotopic (exact) mass is 577 g/mol. The molecule has 0 unspecified atom stereocenters. The maximum atomic E-state index is 5.23. The summed E-state index contributed by atoms with van der Waals surface area (Å²) in [5, 5.41) is 2.17. The number of aromatic nitrogens is 5. The van der Waals surface area contributed by atoms with Crippen LogP contribution in [0.4, 0.5) is 0 Å². The Morgan fingerprint density at radius 2 is 1.00 bits per heavy atom. The quantitative estimate of drug-likeness (QED) is 0.191. The van der Waals surface area contributed by atoms with Crippen LogP contribution >= 0.6 is 0 Å². The first-order valence-electron chi connectivity index (χ1n) is 14.9. The van der Waals surface area contributed by atoms with Crippen LogP contribution in [0.15, 0.2) is 146 Å².